The van der Waals surface area contributed by atoms with Crippen LogP contribution < -0.4 is 5.73 Å². The number of carboxylic acid groups (broad SMARTS) is 1. The first kappa shape index (κ1) is 28.6. The summed E-state index contributed by atoms with van der Waals surface area (Å²) in [6.45, 7) is 0. The van der Waals surface area contributed by atoms with E-state index < -0.39 is 34.1 Å². The van der Waals surface area contributed by atoms with Crippen LogP contribution in [0.4, 0.5) is 13.2 Å². The smallest absolute Gasteiger partial charge is 0.475 e. The number of carboxylic acids is 1. The molecule has 12 heteroatoms. The van der Waals surface area contributed by atoms with Crippen molar-refractivity contribution in [2.75, 3.05) is 6.26 Å². The topological polar surface area (TPSA) is 118 Å². The van der Waals surface area contributed by atoms with Gasteiger partial charge in [0.1, 0.15) is 0 Å². The fraction of sp³-hybridized carbons (Fsp3) is 0.174. The zero-order valence-corrected chi connectivity index (χ0v) is 20.3. The Balaban J connectivity index is 0.000000540. The summed E-state index contributed by atoms with van der Waals surface area (Å²) < 4.78 is 55.2. The number of rotatable bonds is 5. The number of aliphatic hydroxyl groups excluding tert-OH is 1. The highest BCUT2D eigenvalue weighted by molar-refractivity contribution is 7.90. The van der Waals surface area contributed by atoms with Gasteiger partial charge >= 0.3 is 12.1 Å². The van der Waals surface area contributed by atoms with Crippen LogP contribution in [0.2, 0.25) is 10.0 Å². The summed E-state index contributed by atoms with van der Waals surface area (Å²) in [7, 11) is -3.28. The van der Waals surface area contributed by atoms with E-state index in [1.54, 1.807) is 48.5 Å². The number of halogens is 5. The molecule has 0 saturated carbocycles. The lowest BCUT2D eigenvalue weighted by Crippen LogP contribution is -2.21. The Morgan fingerprint density at radius 3 is 1.94 bits per heavy atom. The van der Waals surface area contributed by atoms with Gasteiger partial charge in [0.05, 0.1) is 27.1 Å². The quantitative estimate of drug-likeness (QED) is 0.390. The second-order valence-electron chi connectivity index (χ2n) is 7.37. The molecule has 4 N–H and O–H groups in total. The van der Waals surface area contributed by atoms with Crippen molar-refractivity contribution in [1.82, 2.24) is 0 Å². The molecule has 0 aliphatic carbocycles. The van der Waals surface area contributed by atoms with Crippen LogP contribution in [0.25, 0.3) is 11.1 Å². The highest BCUT2D eigenvalue weighted by atomic mass is 35.5. The summed E-state index contributed by atoms with van der Waals surface area (Å²) in [6.07, 6.45) is -4.84. The van der Waals surface area contributed by atoms with Crippen LogP contribution in [0.5, 0.6) is 0 Å². The number of sulfone groups is 1. The summed E-state index contributed by atoms with van der Waals surface area (Å²) in [5.41, 5.74) is 9.11. The van der Waals surface area contributed by atoms with Gasteiger partial charge in [-0.2, -0.15) is 13.2 Å². The van der Waals surface area contributed by atoms with Gasteiger partial charge in [-0.1, -0.05) is 65.7 Å². The second kappa shape index (κ2) is 11.4. The minimum absolute atomic E-state index is 0.260. The van der Waals surface area contributed by atoms with Crippen LogP contribution in [0.3, 0.4) is 0 Å². The average Bonchev–Trinajstić information content (AvgIpc) is 2.79. The lowest BCUT2D eigenvalue weighted by Gasteiger charge is -2.20. The van der Waals surface area contributed by atoms with Gasteiger partial charge < -0.3 is 15.9 Å². The van der Waals surface area contributed by atoms with Crippen molar-refractivity contribution in [2.45, 2.75) is 23.2 Å². The van der Waals surface area contributed by atoms with Crippen LogP contribution in [0.1, 0.15) is 23.3 Å². The maximum atomic E-state index is 11.7. The fourth-order valence-corrected chi connectivity index (χ4v) is 3.86. The monoisotopic (exact) mass is 549 g/mol. The third kappa shape index (κ3) is 7.94. The lowest BCUT2D eigenvalue weighted by atomic mass is 9.95. The number of hydrogen-bond donors (Lipinski definition) is 3. The molecule has 3 rings (SSSR count). The predicted octanol–water partition coefficient (Wildman–Crippen LogP) is 5.43. The van der Waals surface area contributed by atoms with E-state index in [-0.39, 0.29) is 4.90 Å². The van der Waals surface area contributed by atoms with Crippen molar-refractivity contribution < 1.29 is 36.6 Å². The van der Waals surface area contributed by atoms with E-state index in [0.717, 1.165) is 11.1 Å². The third-order valence-electron chi connectivity index (χ3n) is 4.76. The minimum atomic E-state index is -5.08. The zero-order chi connectivity index (χ0) is 26.6. The normalized spacial score (nSPS) is 13.4. The van der Waals surface area contributed by atoms with Gasteiger partial charge in [-0.05, 0) is 46.5 Å². The van der Waals surface area contributed by atoms with E-state index in [1.165, 1.54) is 6.26 Å². The van der Waals surface area contributed by atoms with Crippen LogP contribution in [0, 0.1) is 0 Å². The number of carbonyl (C=O) groups is 1. The molecular weight excluding hydrogens is 530 g/mol. The molecule has 3 aromatic rings. The first-order chi connectivity index (χ1) is 16.1. The van der Waals surface area contributed by atoms with Crippen molar-refractivity contribution in [3.05, 3.63) is 87.9 Å². The highest BCUT2D eigenvalue weighted by Gasteiger charge is 2.38. The molecule has 6 nitrogen and oxygen atoms in total. The lowest BCUT2D eigenvalue weighted by molar-refractivity contribution is -0.192. The van der Waals surface area contributed by atoms with E-state index in [4.69, 9.17) is 38.8 Å². The molecule has 0 heterocycles. The van der Waals surface area contributed by atoms with Crippen LogP contribution in [-0.4, -0.2) is 37.0 Å². The van der Waals surface area contributed by atoms with E-state index in [9.17, 15) is 26.7 Å². The largest absolute Gasteiger partial charge is 0.490 e. The first-order valence-corrected chi connectivity index (χ1v) is 12.3. The Labute approximate surface area is 209 Å². The molecule has 3 aromatic carbocycles. The van der Waals surface area contributed by atoms with Gasteiger partial charge in [-0.25, -0.2) is 13.2 Å². The van der Waals surface area contributed by atoms with Crippen LogP contribution in [0.15, 0.2) is 71.6 Å². The minimum Gasteiger partial charge on any atom is -0.475 e. The molecule has 0 radical (unpaired) electrons. The molecule has 0 spiro atoms. The summed E-state index contributed by atoms with van der Waals surface area (Å²) in [5.74, 6) is -2.76. The number of nitrogens with two attached hydrogens (primary N) is 1. The van der Waals surface area contributed by atoms with Crippen LogP contribution in [-0.2, 0) is 14.6 Å². The molecular formula is C23H20Cl2F3NO5S. The van der Waals surface area contributed by atoms with Crippen molar-refractivity contribution in [1.29, 1.82) is 0 Å². The van der Waals surface area contributed by atoms with E-state index in [0.29, 0.717) is 21.2 Å². The summed E-state index contributed by atoms with van der Waals surface area (Å²) in [5, 5.41) is 18.6. The summed E-state index contributed by atoms with van der Waals surface area (Å²) >= 11 is 12.0. The van der Waals surface area contributed by atoms with E-state index >= 15 is 0 Å². The number of hydrogen-bond acceptors (Lipinski definition) is 5. The van der Waals surface area contributed by atoms with Gasteiger partial charge in [0.25, 0.3) is 0 Å². The molecule has 188 valence electrons. The Bertz CT molecular complexity index is 1300. The van der Waals surface area contributed by atoms with Crippen molar-refractivity contribution in [3.8, 4) is 11.1 Å². The van der Waals surface area contributed by atoms with E-state index in [1.807, 2.05) is 18.2 Å². The summed E-state index contributed by atoms with van der Waals surface area (Å²) in [4.78, 5) is 9.16. The van der Waals surface area contributed by atoms with Gasteiger partial charge in [0.2, 0.25) is 0 Å². The molecule has 0 saturated heterocycles. The second-order valence-corrected chi connectivity index (χ2v) is 10.2. The molecule has 0 amide bonds. The third-order valence-corrected chi connectivity index (χ3v) is 6.61. The van der Waals surface area contributed by atoms with Gasteiger partial charge in [-0.15, -0.1) is 0 Å². The molecule has 0 fully saturated rings. The molecule has 0 bridgehead atoms. The standard InChI is InChI=1S/C21H19Cl2NO3S.C2HF3O2/c1-28(26,27)17-4-2-3-15(11-17)13-5-7-14(8-6-13)21(25)20(24)16-9-10-18(22)19(23)12-16;3-2(4,5)1(6)7/h2-12,20-21,25H,24H2,1H3;(H,6,7)/t20-,21+;/m1./s1. The van der Waals surface area contributed by atoms with Gasteiger partial charge in [0, 0.05) is 6.26 Å². The average molecular weight is 550 g/mol. The Kier molecular flexibility index (Phi) is 9.32. The van der Waals surface area contributed by atoms with Gasteiger partial charge in [0.15, 0.2) is 9.84 Å². The van der Waals surface area contributed by atoms with Crippen molar-refractivity contribution in [2.24, 2.45) is 5.73 Å². The molecule has 0 aromatic heterocycles. The Hall–Kier alpha value is -2.63. The van der Waals surface area contributed by atoms with Gasteiger partial charge in [-0.3, -0.25) is 0 Å². The zero-order valence-electron chi connectivity index (χ0n) is 18.0. The first-order valence-electron chi connectivity index (χ1n) is 9.70. The highest BCUT2D eigenvalue weighted by Crippen LogP contribution is 2.32. The van der Waals surface area contributed by atoms with Crippen LogP contribution >= 0.6 is 23.2 Å². The fourth-order valence-electron chi connectivity index (χ4n) is 2.89. The Morgan fingerprint density at radius 1 is 0.914 bits per heavy atom. The number of benzene rings is 3. The number of aliphatic carboxylic acids is 1. The molecule has 2 atom stereocenters. The van der Waals surface area contributed by atoms with Crippen molar-refractivity contribution >= 4 is 39.0 Å². The number of aliphatic hydroxyl groups is 1. The predicted molar refractivity (Wildman–Crippen MR) is 127 cm³/mol. The maximum absolute atomic E-state index is 11.7. The van der Waals surface area contributed by atoms with Crippen molar-refractivity contribution in [3.63, 3.8) is 0 Å². The molecule has 35 heavy (non-hydrogen) atoms. The maximum Gasteiger partial charge on any atom is 0.490 e. The molecule has 0 aliphatic rings. The Morgan fingerprint density at radius 2 is 1.46 bits per heavy atom. The number of alkyl halides is 3. The SMILES string of the molecule is CS(=O)(=O)c1cccc(-c2ccc([C@H](O)[C@H](N)c3ccc(Cl)c(Cl)c3)cc2)c1.O=C(O)C(F)(F)F. The summed E-state index contributed by atoms with van der Waals surface area (Å²) in [6, 6.07) is 18.2. The molecule has 0 aliphatic heterocycles. The van der Waals surface area contributed by atoms with E-state index in [2.05, 4.69) is 0 Å². The molecule has 0 unspecified atom stereocenters.